The number of piperazine rings is 1. The van der Waals surface area contributed by atoms with Gasteiger partial charge in [-0.25, -0.2) is 0 Å². The molecule has 0 unspecified atom stereocenters. The van der Waals surface area contributed by atoms with Gasteiger partial charge in [0.25, 0.3) is 0 Å². The first-order valence-electron chi connectivity index (χ1n) is 8.87. The molecule has 1 aliphatic rings. The summed E-state index contributed by atoms with van der Waals surface area (Å²) in [5.74, 6) is 0.200. The minimum absolute atomic E-state index is 0.0801. The van der Waals surface area contributed by atoms with Crippen molar-refractivity contribution in [3.05, 3.63) is 57.9 Å². The van der Waals surface area contributed by atoms with E-state index in [1.54, 1.807) is 6.07 Å². The predicted octanol–water partition coefficient (Wildman–Crippen LogP) is 2.74. The summed E-state index contributed by atoms with van der Waals surface area (Å²) < 4.78 is 0. The Hall–Kier alpha value is -2.27. The van der Waals surface area contributed by atoms with Gasteiger partial charge in [0.05, 0.1) is 12.8 Å². The quantitative estimate of drug-likeness (QED) is 0.895. The van der Waals surface area contributed by atoms with E-state index in [4.69, 9.17) is 11.6 Å². The Morgan fingerprint density at radius 2 is 1.62 bits per heavy atom. The Morgan fingerprint density at radius 3 is 2.15 bits per heavy atom. The fourth-order valence-electron chi connectivity index (χ4n) is 3.38. The molecule has 1 aliphatic heterocycles. The van der Waals surface area contributed by atoms with Crippen molar-refractivity contribution >= 4 is 23.4 Å². The molecule has 0 spiro atoms. The molecule has 1 fully saturated rings. The van der Waals surface area contributed by atoms with Gasteiger partial charge in [0.1, 0.15) is 0 Å². The predicted molar refractivity (Wildman–Crippen MR) is 102 cm³/mol. The number of amides is 2. The Bertz CT molecular complexity index is 807. The van der Waals surface area contributed by atoms with E-state index in [0.29, 0.717) is 44.0 Å². The molecular formula is C20H24ClN3O2. The fraction of sp³-hybridized carbons (Fsp3) is 0.400. The molecule has 1 aromatic heterocycles. The van der Waals surface area contributed by atoms with Crippen molar-refractivity contribution in [2.75, 3.05) is 26.2 Å². The third kappa shape index (κ3) is 4.47. The molecule has 5 nitrogen and oxygen atoms in total. The van der Waals surface area contributed by atoms with Crippen molar-refractivity contribution < 1.29 is 9.59 Å². The zero-order valence-electron chi connectivity index (χ0n) is 15.2. The summed E-state index contributed by atoms with van der Waals surface area (Å²) >= 11 is 5.98. The molecule has 1 saturated heterocycles. The number of rotatable bonds is 4. The molecule has 138 valence electrons. The lowest BCUT2D eigenvalue weighted by atomic mass is 10.1. The number of carbonyl (C=O) groups excluding carboxylic acids is 2. The Balaban J connectivity index is 1.51. The lowest BCUT2D eigenvalue weighted by molar-refractivity contribution is -0.138. The maximum Gasteiger partial charge on any atom is 0.227 e. The molecule has 26 heavy (non-hydrogen) atoms. The highest BCUT2D eigenvalue weighted by atomic mass is 35.5. The van der Waals surface area contributed by atoms with Crippen LogP contribution in [0.25, 0.3) is 0 Å². The van der Waals surface area contributed by atoms with Gasteiger partial charge in [-0.15, -0.1) is 0 Å². The lowest BCUT2D eigenvalue weighted by Crippen LogP contribution is -2.51. The highest BCUT2D eigenvalue weighted by Gasteiger charge is 2.24. The molecule has 1 aromatic carbocycles. The van der Waals surface area contributed by atoms with Crippen LogP contribution >= 0.6 is 11.6 Å². The van der Waals surface area contributed by atoms with E-state index in [9.17, 15) is 9.59 Å². The first-order valence-corrected chi connectivity index (χ1v) is 9.25. The summed E-state index contributed by atoms with van der Waals surface area (Å²) in [5.41, 5.74) is 4.08. The molecule has 2 aromatic rings. The van der Waals surface area contributed by atoms with E-state index in [0.717, 1.165) is 22.5 Å². The van der Waals surface area contributed by atoms with Crippen LogP contribution in [0.2, 0.25) is 5.02 Å². The van der Waals surface area contributed by atoms with Crippen molar-refractivity contribution in [2.45, 2.75) is 26.7 Å². The molecular weight excluding hydrogens is 350 g/mol. The average molecular weight is 374 g/mol. The van der Waals surface area contributed by atoms with Gasteiger partial charge in [0, 0.05) is 42.6 Å². The number of aromatic nitrogens is 1. The maximum atomic E-state index is 12.5. The summed E-state index contributed by atoms with van der Waals surface area (Å²) in [6.45, 7) is 6.31. The summed E-state index contributed by atoms with van der Waals surface area (Å²) in [4.78, 5) is 31.9. The third-order valence-electron chi connectivity index (χ3n) is 4.83. The van der Waals surface area contributed by atoms with Crippen molar-refractivity contribution in [1.82, 2.24) is 14.8 Å². The highest BCUT2D eigenvalue weighted by molar-refractivity contribution is 6.30. The van der Waals surface area contributed by atoms with Crippen LogP contribution in [0, 0.1) is 13.8 Å². The van der Waals surface area contributed by atoms with Crippen LogP contribution in [0.15, 0.2) is 30.3 Å². The number of halogens is 1. The molecule has 0 saturated carbocycles. The number of H-pyrrole nitrogens is 1. The van der Waals surface area contributed by atoms with Gasteiger partial charge < -0.3 is 14.8 Å². The zero-order chi connectivity index (χ0) is 18.7. The topological polar surface area (TPSA) is 56.4 Å². The second-order valence-electron chi connectivity index (χ2n) is 6.85. The molecule has 2 amide bonds. The Morgan fingerprint density at radius 1 is 1.00 bits per heavy atom. The maximum absolute atomic E-state index is 12.5. The Labute approximate surface area is 158 Å². The monoisotopic (exact) mass is 373 g/mol. The summed E-state index contributed by atoms with van der Waals surface area (Å²) in [6.07, 6.45) is 0.753. The van der Waals surface area contributed by atoms with Crippen molar-refractivity contribution in [3.63, 3.8) is 0 Å². The van der Waals surface area contributed by atoms with Gasteiger partial charge >= 0.3 is 0 Å². The van der Waals surface area contributed by atoms with Crippen LogP contribution in [0.4, 0.5) is 0 Å². The number of aryl methyl sites for hydroxylation is 2. The largest absolute Gasteiger partial charge is 0.362 e. The van der Waals surface area contributed by atoms with Crippen LogP contribution in [0.3, 0.4) is 0 Å². The number of nitrogens with one attached hydrogen (secondary N) is 1. The van der Waals surface area contributed by atoms with Crippen molar-refractivity contribution in [3.8, 4) is 0 Å². The minimum atomic E-state index is 0.0801. The normalized spacial score (nSPS) is 14.6. The summed E-state index contributed by atoms with van der Waals surface area (Å²) in [5, 5.41) is 0.640. The standard InChI is InChI=1S/C20H24ClN3O2/c1-14-10-17(15(2)22-14)13-20(26)24-8-6-23(7-9-24)19(25)12-16-4-3-5-18(21)11-16/h3-5,10-11,22H,6-9,12-13H2,1-2H3. The number of hydrogen-bond donors (Lipinski definition) is 1. The number of nitrogens with zero attached hydrogens (tertiary/aromatic N) is 2. The number of benzene rings is 1. The third-order valence-corrected chi connectivity index (χ3v) is 5.06. The van der Waals surface area contributed by atoms with E-state index in [1.807, 2.05) is 47.9 Å². The molecule has 0 aliphatic carbocycles. The molecule has 0 radical (unpaired) electrons. The molecule has 0 bridgehead atoms. The van der Waals surface area contributed by atoms with Crippen molar-refractivity contribution in [2.24, 2.45) is 0 Å². The molecule has 6 heteroatoms. The number of carbonyl (C=O) groups is 2. The van der Waals surface area contributed by atoms with E-state index in [-0.39, 0.29) is 11.8 Å². The van der Waals surface area contributed by atoms with Gasteiger partial charge in [-0.1, -0.05) is 23.7 Å². The van der Waals surface area contributed by atoms with Crippen LogP contribution in [-0.4, -0.2) is 52.8 Å². The molecule has 1 N–H and O–H groups in total. The van der Waals surface area contributed by atoms with E-state index >= 15 is 0 Å². The van der Waals surface area contributed by atoms with Crippen LogP contribution in [-0.2, 0) is 22.4 Å². The highest BCUT2D eigenvalue weighted by Crippen LogP contribution is 2.15. The van der Waals surface area contributed by atoms with Crippen LogP contribution in [0.1, 0.15) is 22.5 Å². The minimum Gasteiger partial charge on any atom is -0.362 e. The average Bonchev–Trinajstić information content (AvgIpc) is 2.92. The second kappa shape index (κ2) is 7.96. The van der Waals surface area contributed by atoms with Crippen molar-refractivity contribution in [1.29, 1.82) is 0 Å². The van der Waals surface area contributed by atoms with Gasteiger partial charge in [0.2, 0.25) is 11.8 Å². The lowest BCUT2D eigenvalue weighted by Gasteiger charge is -2.35. The first-order chi connectivity index (χ1) is 12.4. The van der Waals surface area contributed by atoms with Gasteiger partial charge in [-0.2, -0.15) is 0 Å². The van der Waals surface area contributed by atoms with Crippen LogP contribution in [0.5, 0.6) is 0 Å². The van der Waals surface area contributed by atoms with E-state index in [1.165, 1.54) is 0 Å². The van der Waals surface area contributed by atoms with E-state index < -0.39 is 0 Å². The molecule has 0 atom stereocenters. The SMILES string of the molecule is Cc1cc(CC(=O)N2CCN(C(=O)Cc3cccc(Cl)c3)CC2)c(C)[nH]1. The number of aromatic amines is 1. The number of hydrogen-bond acceptors (Lipinski definition) is 2. The van der Waals surface area contributed by atoms with E-state index in [2.05, 4.69) is 4.98 Å². The smallest absolute Gasteiger partial charge is 0.227 e. The summed E-state index contributed by atoms with van der Waals surface area (Å²) in [7, 11) is 0. The van der Waals surface area contributed by atoms with Gasteiger partial charge in [-0.3, -0.25) is 9.59 Å². The molecule has 2 heterocycles. The zero-order valence-corrected chi connectivity index (χ0v) is 16.0. The first kappa shape index (κ1) is 18.5. The van der Waals surface area contributed by atoms with Gasteiger partial charge in [-0.05, 0) is 43.2 Å². The molecule has 3 rings (SSSR count). The second-order valence-corrected chi connectivity index (χ2v) is 7.28. The van der Waals surface area contributed by atoms with Gasteiger partial charge in [0.15, 0.2) is 0 Å². The summed E-state index contributed by atoms with van der Waals surface area (Å²) in [6, 6.07) is 9.41. The van der Waals surface area contributed by atoms with Crippen LogP contribution < -0.4 is 0 Å². The fourth-order valence-corrected chi connectivity index (χ4v) is 3.59. The Kier molecular flexibility index (Phi) is 5.67.